The van der Waals surface area contributed by atoms with Gasteiger partial charge in [0.15, 0.2) is 0 Å². The van der Waals surface area contributed by atoms with Crippen molar-refractivity contribution in [3.63, 3.8) is 0 Å². The van der Waals surface area contributed by atoms with E-state index in [0.717, 1.165) is 6.42 Å². The number of aromatic nitrogens is 2. The number of carbonyl (C=O) groups is 1. The summed E-state index contributed by atoms with van der Waals surface area (Å²) in [6, 6.07) is 7.99. The van der Waals surface area contributed by atoms with E-state index in [1.54, 1.807) is 18.2 Å². The molecule has 3 rings (SSSR count). The summed E-state index contributed by atoms with van der Waals surface area (Å²) in [5.41, 5.74) is 0.568. The SMILES string of the molecule is CN(C)c1cc(NC(=O)NC2CCN(c3ccccc3F)C2)ncn1. The third kappa shape index (κ3) is 4.14. The fourth-order valence-electron chi connectivity index (χ4n) is 2.80. The number of benzene rings is 1. The minimum absolute atomic E-state index is 0.0465. The van der Waals surface area contributed by atoms with Crippen LogP contribution in [-0.2, 0) is 0 Å². The van der Waals surface area contributed by atoms with E-state index >= 15 is 0 Å². The number of amides is 2. The van der Waals surface area contributed by atoms with Crippen LogP contribution in [0.1, 0.15) is 6.42 Å². The molecular formula is C17H21FN6O. The molecule has 132 valence electrons. The molecule has 1 aliphatic rings. The highest BCUT2D eigenvalue weighted by Crippen LogP contribution is 2.23. The Labute approximate surface area is 145 Å². The Kier molecular flexibility index (Phi) is 4.97. The number of hydrogen-bond donors (Lipinski definition) is 2. The Balaban J connectivity index is 1.56. The molecule has 0 bridgehead atoms. The lowest BCUT2D eigenvalue weighted by molar-refractivity contribution is 0.249. The van der Waals surface area contributed by atoms with Gasteiger partial charge in [0.25, 0.3) is 0 Å². The lowest BCUT2D eigenvalue weighted by Crippen LogP contribution is -2.40. The second kappa shape index (κ2) is 7.33. The Morgan fingerprint density at radius 2 is 2.12 bits per heavy atom. The van der Waals surface area contributed by atoms with E-state index in [9.17, 15) is 9.18 Å². The van der Waals surface area contributed by atoms with Crippen LogP contribution in [0.2, 0.25) is 0 Å². The van der Waals surface area contributed by atoms with Crippen LogP contribution in [0.15, 0.2) is 36.7 Å². The monoisotopic (exact) mass is 344 g/mol. The van der Waals surface area contributed by atoms with Crippen LogP contribution in [0, 0.1) is 5.82 Å². The van der Waals surface area contributed by atoms with E-state index in [1.807, 2.05) is 30.0 Å². The zero-order valence-corrected chi connectivity index (χ0v) is 14.2. The van der Waals surface area contributed by atoms with Crippen LogP contribution >= 0.6 is 0 Å². The molecule has 1 fully saturated rings. The molecule has 2 aromatic rings. The zero-order valence-electron chi connectivity index (χ0n) is 14.2. The van der Waals surface area contributed by atoms with Gasteiger partial charge in [-0.15, -0.1) is 0 Å². The molecule has 1 aromatic heterocycles. The first-order valence-corrected chi connectivity index (χ1v) is 8.09. The fourth-order valence-corrected chi connectivity index (χ4v) is 2.80. The summed E-state index contributed by atoms with van der Waals surface area (Å²) in [6.45, 7) is 1.27. The number of nitrogens with zero attached hydrogens (tertiary/aromatic N) is 4. The molecule has 0 radical (unpaired) electrons. The summed E-state index contributed by atoms with van der Waals surface area (Å²) in [6.07, 6.45) is 2.16. The van der Waals surface area contributed by atoms with Crippen molar-refractivity contribution in [2.75, 3.05) is 42.3 Å². The van der Waals surface area contributed by atoms with Gasteiger partial charge in [0.05, 0.1) is 5.69 Å². The summed E-state index contributed by atoms with van der Waals surface area (Å²) in [4.78, 5) is 24.1. The van der Waals surface area contributed by atoms with Crippen molar-refractivity contribution in [2.24, 2.45) is 0 Å². The standard InChI is InChI=1S/C17H21FN6O/c1-23(2)16-9-15(19-11-20-16)22-17(25)21-12-7-8-24(10-12)14-6-4-3-5-13(14)18/h3-6,9,11-12H,7-8,10H2,1-2H3,(H2,19,20,21,22,25). The van der Waals surface area contributed by atoms with Crippen molar-refractivity contribution in [3.05, 3.63) is 42.5 Å². The maximum atomic E-state index is 13.9. The minimum atomic E-state index is -0.330. The molecule has 1 atom stereocenters. The summed E-state index contributed by atoms with van der Waals surface area (Å²) in [5, 5.41) is 5.62. The smallest absolute Gasteiger partial charge is 0.320 e. The minimum Gasteiger partial charge on any atom is -0.367 e. The van der Waals surface area contributed by atoms with Gasteiger partial charge < -0.3 is 15.1 Å². The maximum absolute atomic E-state index is 13.9. The molecule has 0 saturated carbocycles. The van der Waals surface area contributed by atoms with Gasteiger partial charge in [-0.05, 0) is 18.6 Å². The molecular weight excluding hydrogens is 323 g/mol. The van der Waals surface area contributed by atoms with Crippen LogP contribution in [0.3, 0.4) is 0 Å². The number of para-hydroxylation sites is 1. The van der Waals surface area contributed by atoms with Crippen LogP contribution in [0.25, 0.3) is 0 Å². The van der Waals surface area contributed by atoms with E-state index in [2.05, 4.69) is 20.6 Å². The largest absolute Gasteiger partial charge is 0.367 e. The molecule has 1 aliphatic heterocycles. The van der Waals surface area contributed by atoms with Gasteiger partial charge in [0.1, 0.15) is 23.8 Å². The number of halogens is 1. The molecule has 1 aromatic carbocycles. The first-order chi connectivity index (χ1) is 12.0. The molecule has 0 spiro atoms. The van der Waals surface area contributed by atoms with Crippen molar-refractivity contribution in [2.45, 2.75) is 12.5 Å². The molecule has 2 N–H and O–H groups in total. The van der Waals surface area contributed by atoms with Gasteiger partial charge in [0, 0.05) is 39.3 Å². The third-order valence-corrected chi connectivity index (χ3v) is 4.07. The second-order valence-electron chi connectivity index (χ2n) is 6.14. The van der Waals surface area contributed by atoms with E-state index in [0.29, 0.717) is 30.4 Å². The highest BCUT2D eigenvalue weighted by Gasteiger charge is 2.25. The number of nitrogens with one attached hydrogen (secondary N) is 2. The van der Waals surface area contributed by atoms with Crippen LogP contribution < -0.4 is 20.4 Å². The lowest BCUT2D eigenvalue weighted by atomic mass is 10.2. The van der Waals surface area contributed by atoms with E-state index in [1.165, 1.54) is 12.4 Å². The summed E-state index contributed by atoms with van der Waals surface area (Å²) in [7, 11) is 3.73. The predicted molar refractivity (Wildman–Crippen MR) is 95.5 cm³/mol. The van der Waals surface area contributed by atoms with E-state index in [-0.39, 0.29) is 17.9 Å². The zero-order chi connectivity index (χ0) is 17.8. The van der Waals surface area contributed by atoms with Gasteiger partial charge in [0.2, 0.25) is 0 Å². The highest BCUT2D eigenvalue weighted by atomic mass is 19.1. The average Bonchev–Trinajstić information content (AvgIpc) is 3.03. The quantitative estimate of drug-likeness (QED) is 0.888. The van der Waals surface area contributed by atoms with Crippen molar-refractivity contribution in [1.29, 1.82) is 0 Å². The Morgan fingerprint density at radius 1 is 1.32 bits per heavy atom. The fraction of sp³-hybridized carbons (Fsp3) is 0.353. The van der Waals surface area contributed by atoms with Crippen LogP contribution in [0.5, 0.6) is 0 Å². The Morgan fingerprint density at radius 3 is 2.88 bits per heavy atom. The highest BCUT2D eigenvalue weighted by molar-refractivity contribution is 5.88. The van der Waals surface area contributed by atoms with Crippen LogP contribution in [0.4, 0.5) is 26.5 Å². The van der Waals surface area contributed by atoms with Gasteiger partial charge in [-0.3, -0.25) is 5.32 Å². The normalized spacial score (nSPS) is 16.6. The molecule has 2 heterocycles. The maximum Gasteiger partial charge on any atom is 0.320 e. The summed E-state index contributed by atoms with van der Waals surface area (Å²) in [5.74, 6) is 0.891. The van der Waals surface area contributed by atoms with E-state index < -0.39 is 0 Å². The molecule has 7 nitrogen and oxygen atoms in total. The average molecular weight is 344 g/mol. The summed E-state index contributed by atoms with van der Waals surface area (Å²) < 4.78 is 13.9. The molecule has 1 unspecified atom stereocenters. The molecule has 2 amide bonds. The number of anilines is 3. The van der Waals surface area contributed by atoms with Crippen LogP contribution in [-0.4, -0.2) is 49.2 Å². The summed E-state index contributed by atoms with van der Waals surface area (Å²) >= 11 is 0. The molecule has 25 heavy (non-hydrogen) atoms. The lowest BCUT2D eigenvalue weighted by Gasteiger charge is -2.19. The predicted octanol–water partition coefficient (Wildman–Crippen LogP) is 2.08. The third-order valence-electron chi connectivity index (χ3n) is 4.07. The van der Waals surface area contributed by atoms with Crippen molar-refractivity contribution in [1.82, 2.24) is 15.3 Å². The number of carbonyl (C=O) groups excluding carboxylic acids is 1. The first kappa shape index (κ1) is 16.9. The molecule has 1 saturated heterocycles. The van der Waals surface area contributed by atoms with E-state index in [4.69, 9.17) is 0 Å². The number of hydrogen-bond acceptors (Lipinski definition) is 5. The van der Waals surface area contributed by atoms with Crippen molar-refractivity contribution >= 4 is 23.4 Å². The Hall–Kier alpha value is -2.90. The topological polar surface area (TPSA) is 73.4 Å². The Bertz CT molecular complexity index is 753. The second-order valence-corrected chi connectivity index (χ2v) is 6.14. The van der Waals surface area contributed by atoms with Crippen molar-refractivity contribution in [3.8, 4) is 0 Å². The van der Waals surface area contributed by atoms with Gasteiger partial charge >= 0.3 is 6.03 Å². The molecule has 0 aliphatic carbocycles. The number of rotatable bonds is 4. The molecule has 8 heteroatoms. The van der Waals surface area contributed by atoms with Gasteiger partial charge in [-0.1, -0.05) is 12.1 Å². The number of urea groups is 1. The first-order valence-electron chi connectivity index (χ1n) is 8.09. The van der Waals surface area contributed by atoms with Gasteiger partial charge in [-0.2, -0.15) is 0 Å². The van der Waals surface area contributed by atoms with Crippen molar-refractivity contribution < 1.29 is 9.18 Å². The van der Waals surface area contributed by atoms with Gasteiger partial charge in [-0.25, -0.2) is 19.2 Å².